The Morgan fingerprint density at radius 3 is 2.70 bits per heavy atom. The zero-order valence-corrected chi connectivity index (χ0v) is 16.7. The summed E-state index contributed by atoms with van der Waals surface area (Å²) in [5.41, 5.74) is 3.72. The number of aromatic nitrogens is 3. The molecule has 30 heavy (non-hydrogen) atoms. The standard InChI is InChI=1S/C22H26N5O3/c1-14-11-18(22(29)21(14)28)24-19-5-6-23-20-13-17(25-27(19)20)15-3-2-4-16(12-15)26-7-9-30-10-8-26/h2-6,12-14,18,21-22,24,28-29H,1,7-11H2/t14-,18-,21-,22+/m1/s1. The molecule has 0 amide bonds. The number of anilines is 2. The number of ether oxygens (including phenoxy) is 1. The Kier molecular flexibility index (Phi) is 5.06. The third kappa shape index (κ3) is 3.51. The molecule has 1 saturated carbocycles. The minimum atomic E-state index is -0.865. The van der Waals surface area contributed by atoms with Gasteiger partial charge in [-0.1, -0.05) is 12.1 Å². The third-order valence-electron chi connectivity index (χ3n) is 6.01. The van der Waals surface area contributed by atoms with Crippen LogP contribution in [0.4, 0.5) is 11.5 Å². The van der Waals surface area contributed by atoms with Crippen molar-refractivity contribution in [2.45, 2.75) is 24.7 Å². The van der Waals surface area contributed by atoms with Crippen LogP contribution in [0.15, 0.2) is 42.6 Å². The maximum absolute atomic E-state index is 10.3. The molecule has 0 bridgehead atoms. The van der Waals surface area contributed by atoms with Crippen LogP contribution in [0.5, 0.6) is 0 Å². The van der Waals surface area contributed by atoms with Gasteiger partial charge in [-0.15, -0.1) is 0 Å². The van der Waals surface area contributed by atoms with Gasteiger partial charge in [-0.2, -0.15) is 9.61 Å². The Morgan fingerprint density at radius 1 is 1.10 bits per heavy atom. The van der Waals surface area contributed by atoms with Crippen molar-refractivity contribution in [2.24, 2.45) is 5.92 Å². The van der Waals surface area contributed by atoms with Crippen LogP contribution < -0.4 is 10.2 Å². The predicted octanol–water partition coefficient (Wildman–Crippen LogP) is 1.59. The van der Waals surface area contributed by atoms with E-state index in [1.165, 1.54) is 0 Å². The maximum Gasteiger partial charge on any atom is 0.157 e. The molecule has 157 valence electrons. The van der Waals surface area contributed by atoms with Gasteiger partial charge >= 0.3 is 0 Å². The Morgan fingerprint density at radius 2 is 1.93 bits per heavy atom. The fraction of sp³-hybridized carbons (Fsp3) is 0.409. The van der Waals surface area contributed by atoms with Crippen LogP contribution in [-0.2, 0) is 4.74 Å². The second kappa shape index (κ2) is 7.86. The molecule has 3 N–H and O–H groups in total. The first kappa shape index (κ1) is 19.3. The van der Waals surface area contributed by atoms with Crippen molar-refractivity contribution >= 4 is 17.2 Å². The number of benzene rings is 1. The summed E-state index contributed by atoms with van der Waals surface area (Å²) in [6.45, 7) is 7.17. The van der Waals surface area contributed by atoms with Crippen molar-refractivity contribution in [3.8, 4) is 11.3 Å². The summed E-state index contributed by atoms with van der Waals surface area (Å²) in [5, 5.41) is 28.4. The lowest BCUT2D eigenvalue weighted by Crippen LogP contribution is -2.36. The molecule has 1 radical (unpaired) electrons. The molecule has 1 aromatic carbocycles. The highest BCUT2D eigenvalue weighted by atomic mass is 16.5. The summed E-state index contributed by atoms with van der Waals surface area (Å²) in [6, 6.07) is 11.8. The number of aliphatic hydroxyl groups is 2. The van der Waals surface area contributed by atoms with E-state index in [4.69, 9.17) is 9.84 Å². The number of hydrogen-bond donors (Lipinski definition) is 3. The molecule has 3 heterocycles. The van der Waals surface area contributed by atoms with Gasteiger partial charge in [-0.3, -0.25) is 0 Å². The van der Waals surface area contributed by atoms with Crippen molar-refractivity contribution in [2.75, 3.05) is 36.5 Å². The quantitative estimate of drug-likeness (QED) is 0.603. The maximum atomic E-state index is 10.3. The number of rotatable bonds is 4. The number of aliphatic hydroxyl groups excluding tert-OH is 2. The van der Waals surface area contributed by atoms with Crippen LogP contribution in [-0.4, -0.2) is 69.4 Å². The number of fused-ring (bicyclic) bond motifs is 1. The molecule has 3 aromatic rings. The fourth-order valence-electron chi connectivity index (χ4n) is 4.29. The first-order valence-corrected chi connectivity index (χ1v) is 10.3. The Labute approximate surface area is 175 Å². The predicted molar refractivity (Wildman–Crippen MR) is 114 cm³/mol. The molecule has 8 nitrogen and oxygen atoms in total. The summed E-state index contributed by atoms with van der Waals surface area (Å²) in [7, 11) is 0. The van der Waals surface area contributed by atoms with Crippen LogP contribution in [0.1, 0.15) is 6.42 Å². The smallest absolute Gasteiger partial charge is 0.157 e. The first-order chi connectivity index (χ1) is 14.6. The summed E-state index contributed by atoms with van der Waals surface area (Å²) in [4.78, 5) is 6.75. The molecule has 1 saturated heterocycles. The van der Waals surface area contributed by atoms with Crippen LogP contribution >= 0.6 is 0 Å². The minimum absolute atomic E-state index is 0.203. The van der Waals surface area contributed by atoms with Gasteiger partial charge in [0, 0.05) is 36.6 Å². The van der Waals surface area contributed by atoms with Crippen molar-refractivity contribution in [1.82, 2.24) is 14.6 Å². The molecule has 1 aliphatic heterocycles. The van der Waals surface area contributed by atoms with Crippen molar-refractivity contribution in [3.05, 3.63) is 49.5 Å². The van der Waals surface area contributed by atoms with Crippen LogP contribution in [0.3, 0.4) is 0 Å². The molecular formula is C22H26N5O3. The van der Waals surface area contributed by atoms with Gasteiger partial charge in [0.05, 0.1) is 31.1 Å². The summed E-state index contributed by atoms with van der Waals surface area (Å²) >= 11 is 0. The minimum Gasteiger partial charge on any atom is -0.390 e. The van der Waals surface area contributed by atoms with Crippen molar-refractivity contribution < 1.29 is 14.9 Å². The third-order valence-corrected chi connectivity index (χ3v) is 6.01. The van der Waals surface area contributed by atoms with Crippen molar-refractivity contribution in [1.29, 1.82) is 0 Å². The van der Waals surface area contributed by atoms with Gasteiger partial charge in [0.2, 0.25) is 0 Å². The summed E-state index contributed by atoms with van der Waals surface area (Å²) in [5.74, 6) is 0.520. The molecule has 1 aliphatic carbocycles. The van der Waals surface area contributed by atoms with Gasteiger partial charge in [-0.25, -0.2) is 4.98 Å². The van der Waals surface area contributed by atoms with E-state index in [2.05, 4.69) is 34.3 Å². The summed E-state index contributed by atoms with van der Waals surface area (Å²) < 4.78 is 7.20. The molecular weight excluding hydrogens is 382 g/mol. The second-order valence-corrected chi connectivity index (χ2v) is 8.01. The van der Waals surface area contributed by atoms with Gasteiger partial charge in [-0.05, 0) is 37.5 Å². The fourth-order valence-corrected chi connectivity index (χ4v) is 4.29. The van der Waals surface area contributed by atoms with E-state index in [0.717, 1.165) is 49.1 Å². The van der Waals surface area contributed by atoms with E-state index in [0.29, 0.717) is 12.1 Å². The molecule has 2 aliphatic rings. The van der Waals surface area contributed by atoms with Gasteiger partial charge in [0.15, 0.2) is 5.65 Å². The molecule has 8 heteroatoms. The second-order valence-electron chi connectivity index (χ2n) is 8.01. The average molecular weight is 408 g/mol. The highest BCUT2D eigenvalue weighted by Crippen LogP contribution is 2.30. The zero-order valence-electron chi connectivity index (χ0n) is 16.7. The molecule has 2 aromatic heterocycles. The molecule has 5 rings (SSSR count). The van der Waals surface area contributed by atoms with E-state index >= 15 is 0 Å². The average Bonchev–Trinajstić information content (AvgIpc) is 3.32. The van der Waals surface area contributed by atoms with E-state index in [-0.39, 0.29) is 12.0 Å². The van der Waals surface area contributed by atoms with Gasteiger partial charge in [0.25, 0.3) is 0 Å². The lowest BCUT2D eigenvalue weighted by Gasteiger charge is -2.29. The molecule has 4 atom stereocenters. The topological polar surface area (TPSA) is 95.2 Å². The van der Waals surface area contributed by atoms with E-state index in [1.807, 2.05) is 24.3 Å². The Balaban J connectivity index is 1.44. The zero-order chi connectivity index (χ0) is 20.7. The van der Waals surface area contributed by atoms with Crippen LogP contribution in [0.25, 0.3) is 16.9 Å². The number of nitrogens with one attached hydrogen (secondary N) is 1. The van der Waals surface area contributed by atoms with Crippen LogP contribution in [0.2, 0.25) is 0 Å². The number of morpholine rings is 1. The normalized spacial score (nSPS) is 27.0. The van der Waals surface area contributed by atoms with Crippen LogP contribution in [0, 0.1) is 12.8 Å². The van der Waals surface area contributed by atoms with E-state index in [9.17, 15) is 10.2 Å². The molecule has 2 fully saturated rings. The Hall–Kier alpha value is -2.68. The first-order valence-electron chi connectivity index (χ1n) is 10.3. The lowest BCUT2D eigenvalue weighted by molar-refractivity contribution is 0.0256. The Bertz CT molecular complexity index is 1030. The van der Waals surface area contributed by atoms with E-state index < -0.39 is 12.2 Å². The lowest BCUT2D eigenvalue weighted by atomic mass is 10.1. The van der Waals surface area contributed by atoms with Gasteiger partial charge in [0.1, 0.15) is 11.9 Å². The van der Waals surface area contributed by atoms with Crippen molar-refractivity contribution in [3.63, 3.8) is 0 Å². The molecule has 0 unspecified atom stereocenters. The largest absolute Gasteiger partial charge is 0.390 e. The highest BCUT2D eigenvalue weighted by molar-refractivity contribution is 5.69. The molecule has 0 spiro atoms. The van der Waals surface area contributed by atoms with Gasteiger partial charge < -0.3 is 25.2 Å². The highest BCUT2D eigenvalue weighted by Gasteiger charge is 2.39. The monoisotopic (exact) mass is 408 g/mol. The summed E-state index contributed by atoms with van der Waals surface area (Å²) in [6.07, 6.45) is 0.612. The van der Waals surface area contributed by atoms with E-state index in [1.54, 1.807) is 10.7 Å². The number of hydrogen-bond acceptors (Lipinski definition) is 7. The number of nitrogens with zero attached hydrogens (tertiary/aromatic N) is 4. The SMILES string of the molecule is [CH2][C@@H]1C[C@@H](Nc2ccnc3cc(-c4cccc(N5CCOCC5)c4)nn23)[C@H](O)[C@@H]1O.